The summed E-state index contributed by atoms with van der Waals surface area (Å²) in [5.74, 6) is 0.715. The van der Waals surface area contributed by atoms with E-state index in [2.05, 4.69) is 15.2 Å². The molecule has 0 saturated carbocycles. The SMILES string of the molecule is Cc1noc(-c2cc3n(n2)C[C@H](c2ccc(F)cc2)OC3)n1. The summed E-state index contributed by atoms with van der Waals surface area (Å²) in [5, 5.41) is 8.26. The first-order valence-electron chi connectivity index (χ1n) is 6.93. The molecule has 1 aromatic carbocycles. The number of benzene rings is 1. The fourth-order valence-corrected chi connectivity index (χ4v) is 2.51. The highest BCUT2D eigenvalue weighted by atomic mass is 19.1. The van der Waals surface area contributed by atoms with E-state index in [0.29, 0.717) is 30.6 Å². The van der Waals surface area contributed by atoms with Gasteiger partial charge in [0, 0.05) is 0 Å². The summed E-state index contributed by atoms with van der Waals surface area (Å²) in [4.78, 5) is 4.18. The number of hydrogen-bond donors (Lipinski definition) is 0. The quantitative estimate of drug-likeness (QED) is 0.728. The fraction of sp³-hybridized carbons (Fsp3) is 0.267. The van der Waals surface area contributed by atoms with Gasteiger partial charge in [0.1, 0.15) is 11.9 Å². The lowest BCUT2D eigenvalue weighted by atomic mass is 10.1. The van der Waals surface area contributed by atoms with Gasteiger partial charge in [0.2, 0.25) is 0 Å². The van der Waals surface area contributed by atoms with Crippen LogP contribution in [0.15, 0.2) is 34.9 Å². The Labute approximate surface area is 125 Å². The molecule has 0 saturated heterocycles. The molecule has 0 unspecified atom stereocenters. The summed E-state index contributed by atoms with van der Waals surface area (Å²) < 4.78 is 25.8. The Balaban J connectivity index is 1.61. The number of hydrogen-bond acceptors (Lipinski definition) is 5. The van der Waals surface area contributed by atoms with Gasteiger partial charge in [-0.05, 0) is 30.7 Å². The van der Waals surface area contributed by atoms with Crippen LogP contribution in [0.5, 0.6) is 0 Å². The summed E-state index contributed by atoms with van der Waals surface area (Å²) in [7, 11) is 0. The van der Waals surface area contributed by atoms with E-state index < -0.39 is 0 Å². The molecule has 22 heavy (non-hydrogen) atoms. The number of nitrogens with zero attached hydrogens (tertiary/aromatic N) is 4. The maximum Gasteiger partial charge on any atom is 0.278 e. The Morgan fingerprint density at radius 2 is 2.09 bits per heavy atom. The molecule has 112 valence electrons. The topological polar surface area (TPSA) is 66.0 Å². The molecule has 6 nitrogen and oxygen atoms in total. The third-order valence-electron chi connectivity index (χ3n) is 3.62. The first kappa shape index (κ1) is 13.1. The van der Waals surface area contributed by atoms with Crippen LogP contribution in [0.1, 0.15) is 23.2 Å². The number of rotatable bonds is 2. The smallest absolute Gasteiger partial charge is 0.278 e. The van der Waals surface area contributed by atoms with Crippen LogP contribution in [0, 0.1) is 12.7 Å². The first-order valence-corrected chi connectivity index (χ1v) is 6.93. The van der Waals surface area contributed by atoms with Crippen LogP contribution in [0.4, 0.5) is 4.39 Å². The van der Waals surface area contributed by atoms with Gasteiger partial charge in [-0.15, -0.1) is 0 Å². The number of fused-ring (bicyclic) bond motifs is 1. The molecule has 0 spiro atoms. The van der Waals surface area contributed by atoms with Crippen LogP contribution in [0.2, 0.25) is 0 Å². The number of ether oxygens (including phenoxy) is 1. The van der Waals surface area contributed by atoms with E-state index >= 15 is 0 Å². The monoisotopic (exact) mass is 300 g/mol. The number of aromatic nitrogens is 4. The molecule has 7 heteroatoms. The van der Waals surface area contributed by atoms with Gasteiger partial charge < -0.3 is 9.26 Å². The van der Waals surface area contributed by atoms with Gasteiger partial charge in [-0.2, -0.15) is 10.1 Å². The van der Waals surface area contributed by atoms with Crippen LogP contribution in [-0.4, -0.2) is 19.9 Å². The highest BCUT2D eigenvalue weighted by molar-refractivity contribution is 5.47. The minimum absolute atomic E-state index is 0.148. The molecule has 0 fully saturated rings. The molecule has 3 heterocycles. The zero-order valence-corrected chi connectivity index (χ0v) is 11.9. The Bertz CT molecular complexity index is 809. The molecule has 0 bridgehead atoms. The van der Waals surface area contributed by atoms with Gasteiger partial charge in [0.15, 0.2) is 11.5 Å². The van der Waals surface area contributed by atoms with Crippen molar-refractivity contribution in [1.82, 2.24) is 19.9 Å². The summed E-state index contributed by atoms with van der Waals surface area (Å²) in [6.45, 7) is 2.76. The highest BCUT2D eigenvalue weighted by Gasteiger charge is 2.24. The predicted octanol–water partition coefficient (Wildman–Crippen LogP) is 2.65. The van der Waals surface area contributed by atoms with E-state index in [1.807, 2.05) is 10.7 Å². The van der Waals surface area contributed by atoms with Crippen molar-refractivity contribution >= 4 is 0 Å². The summed E-state index contributed by atoms with van der Waals surface area (Å²) in [5.41, 5.74) is 2.51. The molecule has 4 rings (SSSR count). The maximum atomic E-state index is 13.0. The zero-order valence-electron chi connectivity index (χ0n) is 11.9. The second-order valence-corrected chi connectivity index (χ2v) is 5.20. The Morgan fingerprint density at radius 3 is 2.82 bits per heavy atom. The van der Waals surface area contributed by atoms with Gasteiger partial charge in [0.25, 0.3) is 5.89 Å². The Morgan fingerprint density at radius 1 is 1.27 bits per heavy atom. The third-order valence-corrected chi connectivity index (χ3v) is 3.62. The van der Waals surface area contributed by atoms with Gasteiger partial charge in [-0.25, -0.2) is 4.39 Å². The molecular formula is C15H13FN4O2. The normalized spacial score (nSPS) is 17.5. The molecule has 1 atom stereocenters. The van der Waals surface area contributed by atoms with Crippen molar-refractivity contribution in [2.24, 2.45) is 0 Å². The highest BCUT2D eigenvalue weighted by Crippen LogP contribution is 2.28. The molecule has 0 aliphatic carbocycles. The second kappa shape index (κ2) is 5.03. The van der Waals surface area contributed by atoms with Crippen LogP contribution < -0.4 is 0 Å². The molecule has 2 aromatic heterocycles. The fourth-order valence-electron chi connectivity index (χ4n) is 2.51. The molecular weight excluding hydrogens is 287 g/mol. The maximum absolute atomic E-state index is 13.0. The van der Waals surface area contributed by atoms with E-state index in [4.69, 9.17) is 9.26 Å². The largest absolute Gasteiger partial charge is 0.365 e. The summed E-state index contributed by atoms with van der Waals surface area (Å²) in [6, 6.07) is 8.22. The molecule has 1 aliphatic heterocycles. The Kier molecular flexibility index (Phi) is 3.00. The third kappa shape index (κ3) is 2.29. The number of aryl methyl sites for hydroxylation is 1. The molecule has 0 N–H and O–H groups in total. The second-order valence-electron chi connectivity index (χ2n) is 5.20. The summed E-state index contributed by atoms with van der Waals surface area (Å²) in [6.07, 6.45) is -0.148. The van der Waals surface area contributed by atoms with Crippen molar-refractivity contribution in [2.45, 2.75) is 26.2 Å². The van der Waals surface area contributed by atoms with E-state index in [9.17, 15) is 4.39 Å². The van der Waals surface area contributed by atoms with Crippen molar-refractivity contribution in [2.75, 3.05) is 0 Å². The zero-order chi connectivity index (χ0) is 15.1. The van der Waals surface area contributed by atoms with Crippen molar-refractivity contribution in [1.29, 1.82) is 0 Å². The summed E-state index contributed by atoms with van der Waals surface area (Å²) >= 11 is 0. The van der Waals surface area contributed by atoms with E-state index in [1.165, 1.54) is 12.1 Å². The molecule has 3 aromatic rings. The minimum Gasteiger partial charge on any atom is -0.365 e. The van der Waals surface area contributed by atoms with Gasteiger partial charge in [-0.1, -0.05) is 17.3 Å². The van der Waals surface area contributed by atoms with E-state index in [-0.39, 0.29) is 11.9 Å². The van der Waals surface area contributed by atoms with Crippen molar-refractivity contribution in [3.63, 3.8) is 0 Å². The van der Waals surface area contributed by atoms with Gasteiger partial charge >= 0.3 is 0 Å². The molecule has 0 amide bonds. The Hall–Kier alpha value is -2.54. The minimum atomic E-state index is -0.256. The standard InChI is InChI=1S/C15H13FN4O2/c1-9-17-15(22-19-9)13-6-12-8-21-14(7-20(12)18-13)10-2-4-11(16)5-3-10/h2-6,14H,7-8H2,1H3/t14-/m1/s1. The lowest BCUT2D eigenvalue weighted by Gasteiger charge is -2.24. The van der Waals surface area contributed by atoms with Gasteiger partial charge in [0.05, 0.1) is 18.8 Å². The first-order chi connectivity index (χ1) is 10.7. The van der Waals surface area contributed by atoms with Crippen LogP contribution in [-0.2, 0) is 17.9 Å². The lowest BCUT2D eigenvalue weighted by molar-refractivity contribution is -0.00116. The number of halogens is 1. The van der Waals surface area contributed by atoms with E-state index in [0.717, 1.165) is 11.3 Å². The van der Waals surface area contributed by atoms with Gasteiger partial charge in [-0.3, -0.25) is 4.68 Å². The van der Waals surface area contributed by atoms with Crippen LogP contribution in [0.25, 0.3) is 11.6 Å². The molecule has 0 radical (unpaired) electrons. The predicted molar refractivity (Wildman–Crippen MR) is 74.2 cm³/mol. The average molecular weight is 300 g/mol. The van der Waals surface area contributed by atoms with Crippen LogP contribution in [0.3, 0.4) is 0 Å². The van der Waals surface area contributed by atoms with E-state index in [1.54, 1.807) is 19.1 Å². The van der Waals surface area contributed by atoms with Crippen molar-refractivity contribution < 1.29 is 13.7 Å². The van der Waals surface area contributed by atoms with Crippen LogP contribution >= 0.6 is 0 Å². The molecule has 1 aliphatic rings. The van der Waals surface area contributed by atoms with Crippen molar-refractivity contribution in [3.05, 3.63) is 53.2 Å². The lowest BCUT2D eigenvalue weighted by Crippen LogP contribution is -2.21. The van der Waals surface area contributed by atoms with Crippen molar-refractivity contribution in [3.8, 4) is 11.6 Å². The average Bonchev–Trinajstić information content (AvgIpc) is 3.13.